The van der Waals surface area contributed by atoms with Crippen LogP contribution >= 0.6 is 24.8 Å². The zero-order chi connectivity index (χ0) is 9.52. The number of benzene rings is 1. The maximum atomic E-state index is 5.48. The third kappa shape index (κ3) is 6.71. The molecular formula is C10H18Cl2N2O. The standard InChI is InChI=1S/C10H16N2O.2ClH/c11-6-10(7-12)13-8-9-4-2-1-3-5-9;;/h1-5,10H,6-8,11-12H2;2*1H. The molecule has 1 rings (SSSR count). The van der Waals surface area contributed by atoms with E-state index in [9.17, 15) is 0 Å². The summed E-state index contributed by atoms with van der Waals surface area (Å²) in [7, 11) is 0. The van der Waals surface area contributed by atoms with Crippen molar-refractivity contribution in [2.24, 2.45) is 11.5 Å². The molecule has 4 N–H and O–H groups in total. The minimum Gasteiger partial charge on any atom is -0.371 e. The molecule has 0 amide bonds. The van der Waals surface area contributed by atoms with E-state index in [0.717, 1.165) is 5.56 Å². The molecule has 0 aliphatic heterocycles. The molecule has 0 atom stereocenters. The summed E-state index contributed by atoms with van der Waals surface area (Å²) in [4.78, 5) is 0. The average Bonchev–Trinajstić information content (AvgIpc) is 2.21. The van der Waals surface area contributed by atoms with Gasteiger partial charge in [0, 0.05) is 13.1 Å². The Morgan fingerprint density at radius 2 is 1.53 bits per heavy atom. The molecule has 1 aromatic rings. The van der Waals surface area contributed by atoms with E-state index in [1.165, 1.54) is 0 Å². The van der Waals surface area contributed by atoms with Crippen LogP contribution in [0.1, 0.15) is 5.56 Å². The molecular weight excluding hydrogens is 235 g/mol. The van der Waals surface area contributed by atoms with Gasteiger partial charge in [0.05, 0.1) is 12.7 Å². The van der Waals surface area contributed by atoms with E-state index in [1.807, 2.05) is 30.3 Å². The Labute approximate surface area is 103 Å². The second-order valence-electron chi connectivity index (χ2n) is 2.89. The Morgan fingerprint density at radius 1 is 1.00 bits per heavy atom. The normalized spacial score (nSPS) is 9.27. The molecule has 5 heteroatoms. The molecule has 0 saturated carbocycles. The van der Waals surface area contributed by atoms with Gasteiger partial charge in [0.2, 0.25) is 0 Å². The molecule has 0 bridgehead atoms. The van der Waals surface area contributed by atoms with Crippen LogP contribution in [-0.2, 0) is 11.3 Å². The third-order valence-electron chi connectivity index (χ3n) is 1.85. The Balaban J connectivity index is 0. The van der Waals surface area contributed by atoms with Crippen molar-refractivity contribution in [1.82, 2.24) is 0 Å². The lowest BCUT2D eigenvalue weighted by Crippen LogP contribution is -2.31. The molecule has 0 radical (unpaired) electrons. The monoisotopic (exact) mass is 252 g/mol. The number of nitrogens with two attached hydrogens (primary N) is 2. The summed E-state index contributed by atoms with van der Waals surface area (Å²) in [6, 6.07) is 9.98. The fourth-order valence-electron chi connectivity index (χ4n) is 1.02. The quantitative estimate of drug-likeness (QED) is 0.832. The third-order valence-corrected chi connectivity index (χ3v) is 1.85. The van der Waals surface area contributed by atoms with Crippen LogP contribution in [0, 0.1) is 0 Å². The maximum absolute atomic E-state index is 5.48. The van der Waals surface area contributed by atoms with Crippen LogP contribution in [-0.4, -0.2) is 19.2 Å². The van der Waals surface area contributed by atoms with Crippen molar-refractivity contribution in [2.75, 3.05) is 13.1 Å². The largest absolute Gasteiger partial charge is 0.371 e. The molecule has 0 saturated heterocycles. The summed E-state index contributed by atoms with van der Waals surface area (Å²) >= 11 is 0. The fourth-order valence-corrected chi connectivity index (χ4v) is 1.02. The van der Waals surface area contributed by atoms with E-state index in [4.69, 9.17) is 16.2 Å². The van der Waals surface area contributed by atoms with Gasteiger partial charge < -0.3 is 16.2 Å². The fraction of sp³-hybridized carbons (Fsp3) is 0.400. The van der Waals surface area contributed by atoms with E-state index in [1.54, 1.807) is 0 Å². The van der Waals surface area contributed by atoms with Gasteiger partial charge in [0.25, 0.3) is 0 Å². The van der Waals surface area contributed by atoms with Crippen molar-refractivity contribution in [3.63, 3.8) is 0 Å². The molecule has 3 nitrogen and oxygen atoms in total. The van der Waals surface area contributed by atoms with Gasteiger partial charge in [0.1, 0.15) is 0 Å². The Morgan fingerprint density at radius 3 is 2.00 bits per heavy atom. The molecule has 0 heterocycles. The van der Waals surface area contributed by atoms with Crippen LogP contribution in [0.5, 0.6) is 0 Å². The molecule has 0 spiro atoms. The van der Waals surface area contributed by atoms with E-state index < -0.39 is 0 Å². The van der Waals surface area contributed by atoms with Crippen molar-refractivity contribution >= 4 is 24.8 Å². The van der Waals surface area contributed by atoms with Crippen molar-refractivity contribution in [2.45, 2.75) is 12.7 Å². The zero-order valence-electron chi connectivity index (χ0n) is 8.46. The first kappa shape index (κ1) is 17.1. The zero-order valence-corrected chi connectivity index (χ0v) is 10.1. The number of rotatable bonds is 5. The smallest absolute Gasteiger partial charge is 0.0823 e. The summed E-state index contributed by atoms with van der Waals surface area (Å²) in [6.45, 7) is 1.53. The van der Waals surface area contributed by atoms with Crippen molar-refractivity contribution in [3.8, 4) is 0 Å². The molecule has 0 fully saturated rings. The van der Waals surface area contributed by atoms with Gasteiger partial charge in [0.15, 0.2) is 0 Å². The van der Waals surface area contributed by atoms with Gasteiger partial charge >= 0.3 is 0 Å². The SMILES string of the molecule is Cl.Cl.NCC(CN)OCc1ccccc1. The first-order valence-corrected chi connectivity index (χ1v) is 4.42. The van der Waals surface area contributed by atoms with Crippen molar-refractivity contribution < 1.29 is 4.74 Å². The van der Waals surface area contributed by atoms with Gasteiger partial charge in [-0.25, -0.2) is 0 Å². The van der Waals surface area contributed by atoms with Gasteiger partial charge in [-0.15, -0.1) is 24.8 Å². The average molecular weight is 253 g/mol. The predicted octanol–water partition coefficient (Wildman–Crippen LogP) is 1.33. The van der Waals surface area contributed by atoms with E-state index >= 15 is 0 Å². The molecule has 0 aromatic heterocycles. The second kappa shape index (κ2) is 10.2. The summed E-state index contributed by atoms with van der Waals surface area (Å²) in [5.41, 5.74) is 12.0. The highest BCUT2D eigenvalue weighted by molar-refractivity contribution is 5.85. The highest BCUT2D eigenvalue weighted by atomic mass is 35.5. The van der Waals surface area contributed by atoms with Gasteiger partial charge in [-0.05, 0) is 5.56 Å². The minimum absolute atomic E-state index is 0. The number of hydrogen-bond acceptors (Lipinski definition) is 3. The predicted molar refractivity (Wildman–Crippen MR) is 67.6 cm³/mol. The molecule has 0 aliphatic rings. The lowest BCUT2D eigenvalue weighted by atomic mass is 10.2. The van der Waals surface area contributed by atoms with Crippen LogP contribution in [0.2, 0.25) is 0 Å². The molecule has 15 heavy (non-hydrogen) atoms. The number of hydrogen-bond donors (Lipinski definition) is 2. The highest BCUT2D eigenvalue weighted by Crippen LogP contribution is 2.02. The van der Waals surface area contributed by atoms with E-state index in [2.05, 4.69) is 0 Å². The van der Waals surface area contributed by atoms with Crippen molar-refractivity contribution in [3.05, 3.63) is 35.9 Å². The van der Waals surface area contributed by atoms with E-state index in [-0.39, 0.29) is 30.9 Å². The maximum Gasteiger partial charge on any atom is 0.0823 e. The van der Waals surface area contributed by atoms with Gasteiger partial charge in [-0.2, -0.15) is 0 Å². The topological polar surface area (TPSA) is 61.3 Å². The Bertz CT molecular complexity index is 230. The summed E-state index contributed by atoms with van der Waals surface area (Å²) in [5.74, 6) is 0. The highest BCUT2D eigenvalue weighted by Gasteiger charge is 2.03. The van der Waals surface area contributed by atoms with Crippen molar-refractivity contribution in [1.29, 1.82) is 0 Å². The lowest BCUT2D eigenvalue weighted by Gasteiger charge is -2.13. The first-order valence-electron chi connectivity index (χ1n) is 4.42. The Hall–Kier alpha value is -0.320. The summed E-state index contributed by atoms with van der Waals surface area (Å²) < 4.78 is 5.48. The van der Waals surface area contributed by atoms with Crippen LogP contribution in [0.3, 0.4) is 0 Å². The van der Waals surface area contributed by atoms with Crippen LogP contribution in [0.4, 0.5) is 0 Å². The van der Waals surface area contributed by atoms with Crippen LogP contribution < -0.4 is 11.5 Å². The molecule has 0 unspecified atom stereocenters. The summed E-state index contributed by atoms with van der Waals surface area (Å²) in [6.07, 6.45) is -0.0276. The molecule has 1 aromatic carbocycles. The van der Waals surface area contributed by atoms with Crippen LogP contribution in [0.15, 0.2) is 30.3 Å². The summed E-state index contributed by atoms with van der Waals surface area (Å²) in [5, 5.41) is 0. The van der Waals surface area contributed by atoms with E-state index in [0.29, 0.717) is 19.7 Å². The lowest BCUT2D eigenvalue weighted by molar-refractivity contribution is 0.0523. The molecule has 0 aliphatic carbocycles. The number of halogens is 2. The second-order valence-corrected chi connectivity index (χ2v) is 2.89. The van der Waals surface area contributed by atoms with Gasteiger partial charge in [-0.3, -0.25) is 0 Å². The number of ether oxygens (including phenoxy) is 1. The Kier molecular flexibility index (Phi) is 11.6. The first-order chi connectivity index (χ1) is 6.36. The molecule has 88 valence electrons. The minimum atomic E-state index is -0.0276. The van der Waals surface area contributed by atoms with Crippen LogP contribution in [0.25, 0.3) is 0 Å². The van der Waals surface area contributed by atoms with Gasteiger partial charge in [-0.1, -0.05) is 30.3 Å².